The lowest BCUT2D eigenvalue weighted by atomic mass is 10.1. The molecule has 0 fully saturated rings. The van der Waals surface area contributed by atoms with Gasteiger partial charge in [-0.2, -0.15) is 0 Å². The monoisotopic (exact) mass is 328 g/mol. The predicted octanol–water partition coefficient (Wildman–Crippen LogP) is 3.85. The second kappa shape index (κ2) is 6.91. The maximum atomic E-state index is 5.78. The fourth-order valence-electron chi connectivity index (χ4n) is 2.54. The number of fused-ring (bicyclic) bond motifs is 1. The molecular weight excluding hydrogens is 308 g/mol. The third-order valence-corrected chi connectivity index (χ3v) is 4.17. The average Bonchev–Trinajstić information content (AvgIpc) is 2.95. The summed E-state index contributed by atoms with van der Waals surface area (Å²) in [6.07, 6.45) is 4.53. The van der Waals surface area contributed by atoms with Gasteiger partial charge in [-0.15, -0.1) is 11.3 Å². The number of nitrogens with zero attached hydrogens (tertiary/aromatic N) is 4. The molecule has 0 spiro atoms. The summed E-state index contributed by atoms with van der Waals surface area (Å²) < 4.78 is 5.78. The maximum absolute atomic E-state index is 5.78. The highest BCUT2D eigenvalue weighted by molar-refractivity contribution is 7.08. The second-order valence-corrected chi connectivity index (χ2v) is 6.65. The summed E-state index contributed by atoms with van der Waals surface area (Å²) in [6.45, 7) is 6.92. The largest absolute Gasteiger partial charge is 0.491 e. The minimum Gasteiger partial charge on any atom is -0.491 e. The Balaban J connectivity index is 1.95. The lowest BCUT2D eigenvalue weighted by molar-refractivity contribution is 0.242. The normalized spacial score (nSPS) is 13.0. The molecule has 1 aromatic carbocycles. The van der Waals surface area contributed by atoms with Crippen molar-refractivity contribution < 1.29 is 4.74 Å². The highest BCUT2D eigenvalue weighted by atomic mass is 32.1. The Morgan fingerprint density at radius 1 is 1.26 bits per heavy atom. The standard InChI is InChI=1S/C17H20N4OS/c1-12(2)22-15-4-5-16-14(8-15)6-7-21(16)17-9-19-13(3)23-11-18-10-20-17/h4-5,8-12H,6-7H2,1-3H3. The van der Waals surface area contributed by atoms with E-state index in [4.69, 9.17) is 4.74 Å². The summed E-state index contributed by atoms with van der Waals surface area (Å²) >= 11 is 1.49. The van der Waals surface area contributed by atoms with Crippen LogP contribution >= 0.6 is 11.3 Å². The number of aryl methyl sites for hydroxylation is 1. The summed E-state index contributed by atoms with van der Waals surface area (Å²) in [5.41, 5.74) is 4.18. The third kappa shape index (κ3) is 3.76. The van der Waals surface area contributed by atoms with Crippen molar-refractivity contribution in [1.29, 1.82) is 0 Å². The van der Waals surface area contributed by atoms with E-state index in [2.05, 4.69) is 32.0 Å². The van der Waals surface area contributed by atoms with Crippen LogP contribution in [-0.2, 0) is 6.42 Å². The smallest absolute Gasteiger partial charge is 0.153 e. The van der Waals surface area contributed by atoms with Crippen LogP contribution in [0.25, 0.3) is 0 Å². The number of benzene rings is 1. The van der Waals surface area contributed by atoms with Gasteiger partial charge in [-0.3, -0.25) is 0 Å². The van der Waals surface area contributed by atoms with Gasteiger partial charge in [0.2, 0.25) is 0 Å². The Kier molecular flexibility index (Phi) is 4.71. The van der Waals surface area contributed by atoms with Crippen LogP contribution in [0.15, 0.2) is 36.2 Å². The van der Waals surface area contributed by atoms with Crippen LogP contribution in [-0.4, -0.2) is 27.6 Å². The zero-order valence-electron chi connectivity index (χ0n) is 13.6. The molecule has 1 aliphatic heterocycles. The molecule has 0 amide bonds. The van der Waals surface area contributed by atoms with Crippen LogP contribution in [0.5, 0.6) is 5.75 Å². The van der Waals surface area contributed by atoms with Crippen LogP contribution in [0.1, 0.15) is 24.4 Å². The number of hydrogen-bond acceptors (Lipinski definition) is 6. The van der Waals surface area contributed by atoms with Crippen molar-refractivity contribution in [3.63, 3.8) is 0 Å². The molecule has 23 heavy (non-hydrogen) atoms. The number of ether oxygens (including phenoxy) is 1. The van der Waals surface area contributed by atoms with Crippen molar-refractivity contribution in [1.82, 2.24) is 15.0 Å². The molecule has 0 saturated carbocycles. The van der Waals surface area contributed by atoms with Gasteiger partial charge in [0.05, 0.1) is 22.8 Å². The van der Waals surface area contributed by atoms with Crippen molar-refractivity contribution in [2.45, 2.75) is 33.3 Å². The lowest BCUT2D eigenvalue weighted by Crippen LogP contribution is -2.14. The first-order chi connectivity index (χ1) is 11.1. The highest BCUT2D eigenvalue weighted by Crippen LogP contribution is 2.35. The SMILES string of the molecule is Cc1ncc(N2CCc3cc(OC(C)C)ccc32)ncncs1. The first kappa shape index (κ1) is 15.7. The minimum atomic E-state index is 0.180. The predicted molar refractivity (Wildman–Crippen MR) is 93.0 cm³/mol. The molecule has 0 N–H and O–H groups in total. The average molecular weight is 328 g/mol. The van der Waals surface area contributed by atoms with Crippen LogP contribution in [0.2, 0.25) is 0 Å². The van der Waals surface area contributed by atoms with Crippen molar-refractivity contribution in [2.75, 3.05) is 11.4 Å². The highest BCUT2D eigenvalue weighted by Gasteiger charge is 2.21. The van der Waals surface area contributed by atoms with Crippen molar-refractivity contribution in [3.8, 4) is 5.75 Å². The van der Waals surface area contributed by atoms with Crippen LogP contribution in [0.4, 0.5) is 11.5 Å². The Labute approximate surface area is 140 Å². The minimum absolute atomic E-state index is 0.180. The van der Waals surface area contributed by atoms with Gasteiger partial charge in [0.15, 0.2) is 5.82 Å². The molecule has 3 rings (SSSR count). The molecule has 120 valence electrons. The Bertz CT molecular complexity index is 743. The van der Waals surface area contributed by atoms with Crippen LogP contribution in [0, 0.1) is 6.92 Å². The zero-order valence-corrected chi connectivity index (χ0v) is 14.4. The fourth-order valence-corrected chi connectivity index (χ4v) is 2.92. The van der Waals surface area contributed by atoms with E-state index in [-0.39, 0.29) is 6.10 Å². The van der Waals surface area contributed by atoms with E-state index < -0.39 is 0 Å². The molecule has 0 unspecified atom stereocenters. The Morgan fingerprint density at radius 2 is 2.13 bits per heavy atom. The summed E-state index contributed by atoms with van der Waals surface area (Å²) in [5, 5.41) is 0.942. The summed E-state index contributed by atoms with van der Waals surface area (Å²) in [6, 6.07) is 6.23. The van der Waals surface area contributed by atoms with Gasteiger partial charge >= 0.3 is 0 Å². The van der Waals surface area contributed by atoms with E-state index >= 15 is 0 Å². The number of rotatable bonds is 3. The van der Waals surface area contributed by atoms with Gasteiger partial charge in [-0.1, -0.05) is 0 Å². The molecule has 6 heteroatoms. The fraction of sp³-hybridized carbons (Fsp3) is 0.353. The zero-order chi connectivity index (χ0) is 16.2. The van der Waals surface area contributed by atoms with E-state index in [0.717, 1.165) is 35.2 Å². The molecule has 1 aromatic heterocycles. The summed E-state index contributed by atoms with van der Waals surface area (Å²) in [4.78, 5) is 15.2. The Morgan fingerprint density at radius 3 is 2.96 bits per heavy atom. The molecule has 5 nitrogen and oxygen atoms in total. The molecule has 2 heterocycles. The first-order valence-electron chi connectivity index (χ1n) is 7.66. The van der Waals surface area contributed by atoms with Crippen LogP contribution < -0.4 is 9.64 Å². The quantitative estimate of drug-likeness (QED) is 0.856. The second-order valence-electron chi connectivity index (χ2n) is 5.61. The van der Waals surface area contributed by atoms with Gasteiger partial charge in [0, 0.05) is 12.2 Å². The molecule has 0 radical (unpaired) electrons. The van der Waals surface area contributed by atoms with Gasteiger partial charge in [-0.05, 0) is 51.0 Å². The van der Waals surface area contributed by atoms with Gasteiger partial charge in [-0.25, -0.2) is 15.0 Å². The van der Waals surface area contributed by atoms with E-state index in [9.17, 15) is 0 Å². The van der Waals surface area contributed by atoms with Gasteiger partial charge in [0.25, 0.3) is 0 Å². The Hall–Kier alpha value is -2.21. The maximum Gasteiger partial charge on any atom is 0.153 e. The molecule has 0 aliphatic carbocycles. The third-order valence-electron chi connectivity index (χ3n) is 3.50. The molecule has 1 aliphatic rings. The van der Waals surface area contributed by atoms with Crippen molar-refractivity contribution >= 4 is 22.8 Å². The molecular formula is C17H20N4OS. The summed E-state index contributed by atoms with van der Waals surface area (Å²) in [7, 11) is 0. The van der Waals surface area contributed by atoms with Gasteiger partial charge in [0.1, 0.15) is 12.1 Å². The topological polar surface area (TPSA) is 51.1 Å². The number of anilines is 2. The van der Waals surface area contributed by atoms with E-state index in [1.807, 2.05) is 26.8 Å². The number of hydrogen-bond donors (Lipinski definition) is 0. The molecule has 0 atom stereocenters. The summed E-state index contributed by atoms with van der Waals surface area (Å²) in [5.74, 6) is 1.72. The van der Waals surface area contributed by atoms with Crippen LogP contribution in [0.3, 0.4) is 0 Å². The van der Waals surface area contributed by atoms with Crippen molar-refractivity contribution in [3.05, 3.63) is 46.8 Å². The molecule has 0 bridgehead atoms. The van der Waals surface area contributed by atoms with Crippen molar-refractivity contribution in [2.24, 2.45) is 0 Å². The molecule has 0 saturated heterocycles. The van der Waals surface area contributed by atoms with E-state index in [1.165, 1.54) is 16.9 Å². The van der Waals surface area contributed by atoms with E-state index in [1.54, 1.807) is 18.0 Å². The van der Waals surface area contributed by atoms with E-state index in [0.29, 0.717) is 0 Å². The van der Waals surface area contributed by atoms with Gasteiger partial charge < -0.3 is 9.64 Å². The first-order valence-corrected chi connectivity index (χ1v) is 8.54. The molecule has 2 aromatic rings. The lowest BCUT2D eigenvalue weighted by Gasteiger charge is -2.17. The number of aromatic nitrogens is 3.